The van der Waals surface area contributed by atoms with E-state index in [1.807, 2.05) is 4.90 Å². The Morgan fingerprint density at radius 3 is 2.38 bits per heavy atom. The van der Waals surface area contributed by atoms with Gasteiger partial charge in [-0.2, -0.15) is 0 Å². The Labute approximate surface area is 170 Å². The van der Waals surface area contributed by atoms with Gasteiger partial charge >= 0.3 is 0 Å². The van der Waals surface area contributed by atoms with E-state index in [2.05, 4.69) is 19.2 Å². The summed E-state index contributed by atoms with van der Waals surface area (Å²) in [4.78, 5) is 26.6. The number of carbonyl (C=O) groups excluding carboxylic acids is 2. The van der Waals surface area contributed by atoms with Crippen molar-refractivity contribution in [3.05, 3.63) is 29.8 Å². The van der Waals surface area contributed by atoms with Gasteiger partial charge in [0.25, 0.3) is 11.8 Å². The van der Waals surface area contributed by atoms with E-state index in [4.69, 9.17) is 4.74 Å². The third-order valence-corrected chi connectivity index (χ3v) is 6.02. The van der Waals surface area contributed by atoms with Crippen molar-refractivity contribution in [2.24, 2.45) is 5.92 Å². The molecule has 1 saturated heterocycles. The van der Waals surface area contributed by atoms with Crippen LogP contribution in [0.1, 0.15) is 62.7 Å². The van der Waals surface area contributed by atoms with Crippen molar-refractivity contribution >= 4 is 11.8 Å². The number of benzene rings is 1. The number of amides is 2. The number of alkyl halides is 2. The second-order valence-corrected chi connectivity index (χ2v) is 8.42. The first-order chi connectivity index (χ1) is 13.7. The summed E-state index contributed by atoms with van der Waals surface area (Å²) in [5.74, 6) is -2.58. The third-order valence-electron chi connectivity index (χ3n) is 6.02. The number of rotatable bonds is 6. The summed E-state index contributed by atoms with van der Waals surface area (Å²) in [6.45, 7) is 4.35. The zero-order valence-corrected chi connectivity index (χ0v) is 17.1. The number of hydrogen-bond acceptors (Lipinski definition) is 3. The van der Waals surface area contributed by atoms with Crippen LogP contribution in [0.15, 0.2) is 24.3 Å². The first-order valence-electron chi connectivity index (χ1n) is 10.5. The van der Waals surface area contributed by atoms with E-state index in [0.29, 0.717) is 17.7 Å². The van der Waals surface area contributed by atoms with Crippen molar-refractivity contribution in [3.63, 3.8) is 0 Å². The highest BCUT2D eigenvalue weighted by atomic mass is 19.3. The predicted octanol–water partition coefficient (Wildman–Crippen LogP) is 4.02. The van der Waals surface area contributed by atoms with Gasteiger partial charge in [0, 0.05) is 37.0 Å². The number of piperidine rings is 1. The molecule has 7 heteroatoms. The minimum atomic E-state index is -2.60. The van der Waals surface area contributed by atoms with Gasteiger partial charge in [0.05, 0.1) is 0 Å². The van der Waals surface area contributed by atoms with E-state index in [9.17, 15) is 18.4 Å². The van der Waals surface area contributed by atoms with Crippen LogP contribution < -0.4 is 10.1 Å². The molecule has 1 aliphatic carbocycles. The van der Waals surface area contributed by atoms with E-state index in [-0.39, 0.29) is 55.8 Å². The summed E-state index contributed by atoms with van der Waals surface area (Å²) < 4.78 is 32.1. The highest BCUT2D eigenvalue weighted by Gasteiger charge is 2.39. The smallest absolute Gasteiger partial charge is 0.260 e. The van der Waals surface area contributed by atoms with Crippen molar-refractivity contribution in [2.75, 3.05) is 13.2 Å². The van der Waals surface area contributed by atoms with Crippen LogP contribution in [0.25, 0.3) is 0 Å². The van der Waals surface area contributed by atoms with Crippen molar-refractivity contribution < 1.29 is 23.1 Å². The number of nitrogens with zero attached hydrogens (tertiary/aromatic N) is 1. The van der Waals surface area contributed by atoms with Crippen LogP contribution in [-0.2, 0) is 4.79 Å². The van der Waals surface area contributed by atoms with Crippen LogP contribution in [0.5, 0.6) is 5.75 Å². The summed E-state index contributed by atoms with van der Waals surface area (Å²) in [5.41, 5.74) is 0.437. The van der Waals surface area contributed by atoms with Crippen molar-refractivity contribution in [3.8, 4) is 5.75 Å². The Kier molecular flexibility index (Phi) is 6.75. The zero-order valence-electron chi connectivity index (χ0n) is 17.1. The first-order valence-corrected chi connectivity index (χ1v) is 10.5. The summed E-state index contributed by atoms with van der Waals surface area (Å²) >= 11 is 0. The van der Waals surface area contributed by atoms with Gasteiger partial charge in [0.2, 0.25) is 5.92 Å². The maximum Gasteiger partial charge on any atom is 0.260 e. The molecule has 3 atom stereocenters. The lowest BCUT2D eigenvalue weighted by atomic mass is 9.97. The Morgan fingerprint density at radius 1 is 1.14 bits per heavy atom. The highest BCUT2D eigenvalue weighted by molar-refractivity contribution is 5.94. The average molecular weight is 408 g/mol. The van der Waals surface area contributed by atoms with Gasteiger partial charge in [0.1, 0.15) is 5.75 Å². The van der Waals surface area contributed by atoms with E-state index < -0.39 is 5.92 Å². The zero-order chi connectivity index (χ0) is 21.0. The lowest BCUT2D eigenvalue weighted by Gasteiger charge is -2.38. The summed E-state index contributed by atoms with van der Waals surface area (Å²) in [5, 5.41) is 2.73. The number of halogens is 2. The lowest BCUT2D eigenvalue weighted by Crippen LogP contribution is -2.49. The number of carbonyl (C=O) groups is 2. The third kappa shape index (κ3) is 5.67. The van der Waals surface area contributed by atoms with Crippen molar-refractivity contribution in [2.45, 2.75) is 70.4 Å². The topological polar surface area (TPSA) is 58.6 Å². The van der Waals surface area contributed by atoms with Gasteiger partial charge in [-0.3, -0.25) is 9.59 Å². The van der Waals surface area contributed by atoms with Crippen molar-refractivity contribution in [1.82, 2.24) is 10.2 Å². The van der Waals surface area contributed by atoms with Crippen LogP contribution in [0.4, 0.5) is 8.78 Å². The normalized spacial score (nSPS) is 26.2. The Hall–Kier alpha value is -2.18. The van der Waals surface area contributed by atoms with Gasteiger partial charge < -0.3 is 15.0 Å². The molecule has 2 aliphatic rings. The van der Waals surface area contributed by atoms with Gasteiger partial charge in [-0.1, -0.05) is 0 Å². The molecule has 1 aromatic carbocycles. The fourth-order valence-corrected chi connectivity index (χ4v) is 4.39. The van der Waals surface area contributed by atoms with Gasteiger partial charge in [-0.25, -0.2) is 8.78 Å². The fourth-order valence-electron chi connectivity index (χ4n) is 4.39. The molecule has 0 radical (unpaired) electrons. The predicted molar refractivity (Wildman–Crippen MR) is 106 cm³/mol. The van der Waals surface area contributed by atoms with Crippen LogP contribution in [-0.4, -0.2) is 47.9 Å². The maximum atomic E-state index is 13.2. The van der Waals surface area contributed by atoms with Crippen molar-refractivity contribution in [1.29, 1.82) is 0 Å². The molecule has 2 amide bonds. The molecule has 160 valence electrons. The first kappa shape index (κ1) is 21.5. The largest absolute Gasteiger partial charge is 0.484 e. The van der Waals surface area contributed by atoms with E-state index >= 15 is 0 Å². The van der Waals surface area contributed by atoms with Crippen LogP contribution in [0.3, 0.4) is 0 Å². The molecule has 3 unspecified atom stereocenters. The van der Waals surface area contributed by atoms with Crippen LogP contribution in [0, 0.1) is 5.92 Å². The van der Waals surface area contributed by atoms with E-state index in [1.54, 1.807) is 24.3 Å². The molecular formula is C22H30F2N2O3. The highest BCUT2D eigenvalue weighted by Crippen LogP contribution is 2.38. The van der Waals surface area contributed by atoms with Gasteiger partial charge in [-0.05, 0) is 69.7 Å². The summed E-state index contributed by atoms with van der Waals surface area (Å²) in [7, 11) is 0. The Bertz CT molecular complexity index is 713. The lowest BCUT2D eigenvalue weighted by molar-refractivity contribution is -0.139. The fraction of sp³-hybridized carbons (Fsp3) is 0.636. The number of nitrogens with one attached hydrogen (secondary N) is 1. The SMILES string of the molecule is CC1CCCC(C)N1C(=O)COc1ccc(C(=O)NCC2CCC(F)(F)C2)cc1. The monoisotopic (exact) mass is 408 g/mol. The molecule has 0 aromatic heterocycles. The van der Waals surface area contributed by atoms with E-state index in [1.165, 1.54) is 0 Å². The van der Waals surface area contributed by atoms with Crippen LogP contribution >= 0.6 is 0 Å². The molecule has 3 rings (SSSR count). The second-order valence-electron chi connectivity index (χ2n) is 8.42. The molecule has 0 bridgehead atoms. The molecular weight excluding hydrogens is 378 g/mol. The minimum Gasteiger partial charge on any atom is -0.484 e. The Morgan fingerprint density at radius 2 is 1.79 bits per heavy atom. The summed E-state index contributed by atoms with van der Waals surface area (Å²) in [6, 6.07) is 6.97. The quantitative estimate of drug-likeness (QED) is 0.774. The molecule has 2 fully saturated rings. The molecule has 1 aliphatic heterocycles. The number of likely N-dealkylation sites (tertiary alicyclic amines) is 1. The molecule has 5 nitrogen and oxygen atoms in total. The van der Waals surface area contributed by atoms with Crippen LogP contribution in [0.2, 0.25) is 0 Å². The summed E-state index contributed by atoms with van der Waals surface area (Å²) in [6.07, 6.45) is 3.33. The number of hydrogen-bond donors (Lipinski definition) is 1. The molecule has 29 heavy (non-hydrogen) atoms. The molecule has 1 heterocycles. The average Bonchev–Trinajstić information content (AvgIpc) is 3.03. The molecule has 1 N–H and O–H groups in total. The molecule has 1 aromatic rings. The standard InChI is InChI=1S/C22H30F2N2O3/c1-15-4-3-5-16(2)26(15)20(27)14-29-19-8-6-18(7-9-19)21(28)25-13-17-10-11-22(23,24)12-17/h6-9,15-17H,3-5,10-14H2,1-2H3,(H,25,28). The number of ether oxygens (including phenoxy) is 1. The second kappa shape index (κ2) is 9.09. The maximum absolute atomic E-state index is 13.2. The molecule has 1 saturated carbocycles. The molecule has 0 spiro atoms. The minimum absolute atomic E-state index is 0.0279. The Balaban J connectivity index is 1.46. The van der Waals surface area contributed by atoms with Gasteiger partial charge in [-0.15, -0.1) is 0 Å². The van der Waals surface area contributed by atoms with E-state index in [0.717, 1.165) is 19.3 Å². The van der Waals surface area contributed by atoms with Gasteiger partial charge in [0.15, 0.2) is 6.61 Å².